The van der Waals surface area contributed by atoms with Crippen molar-refractivity contribution in [1.82, 2.24) is 4.90 Å². The number of nitrogens with zero attached hydrogens (tertiary/aromatic N) is 1. The van der Waals surface area contributed by atoms with Crippen LogP contribution in [0.1, 0.15) is 18.6 Å². The largest absolute Gasteiger partial charge is 0.367 e. The van der Waals surface area contributed by atoms with E-state index in [2.05, 4.69) is 5.92 Å². The Hall–Kier alpha value is -1.79. The molecule has 0 aliphatic heterocycles. The number of hydrogen-bond donors (Lipinski definition) is 0. The number of hydrogen-bond acceptors (Lipinski definition) is 2. The Kier molecular flexibility index (Phi) is 5.25. The lowest BCUT2D eigenvalue weighted by Gasteiger charge is -2.23. The summed E-state index contributed by atoms with van der Waals surface area (Å²) in [6.07, 6.45) is 4.66. The van der Waals surface area contributed by atoms with Crippen molar-refractivity contribution in [2.75, 3.05) is 20.2 Å². The Labute approximate surface area is 102 Å². The first kappa shape index (κ1) is 13.3. The van der Waals surface area contributed by atoms with Gasteiger partial charge >= 0.3 is 0 Å². The molecule has 17 heavy (non-hydrogen) atoms. The number of likely N-dealkylation sites (N-methyl/N-ethyl adjacent to an activating group) is 1. The van der Waals surface area contributed by atoms with E-state index < -0.39 is 6.10 Å². The minimum atomic E-state index is -0.579. The van der Waals surface area contributed by atoms with Gasteiger partial charge in [0, 0.05) is 13.7 Å². The smallest absolute Gasteiger partial charge is 0.257 e. The third-order valence-corrected chi connectivity index (χ3v) is 2.54. The number of amides is 1. The third kappa shape index (κ3) is 3.33. The minimum absolute atomic E-state index is 0.0980. The molecule has 1 aromatic carbocycles. The molecule has 0 radical (unpaired) electrons. The molecule has 1 aromatic rings. The molecule has 0 saturated carbocycles. The van der Waals surface area contributed by atoms with Crippen LogP contribution >= 0.6 is 0 Å². The predicted molar refractivity (Wildman–Crippen MR) is 67.3 cm³/mol. The molecule has 3 heteroatoms. The fourth-order valence-corrected chi connectivity index (χ4v) is 1.63. The lowest BCUT2D eigenvalue weighted by atomic mass is 10.1. The number of benzene rings is 1. The van der Waals surface area contributed by atoms with E-state index in [0.717, 1.165) is 5.56 Å². The molecule has 1 amide bonds. The summed E-state index contributed by atoms with van der Waals surface area (Å²) in [4.78, 5) is 13.8. The van der Waals surface area contributed by atoms with Crippen LogP contribution in [0.25, 0.3) is 0 Å². The van der Waals surface area contributed by atoms with Crippen LogP contribution in [-0.2, 0) is 9.53 Å². The summed E-state index contributed by atoms with van der Waals surface area (Å²) >= 11 is 0. The molecular weight excluding hydrogens is 214 g/mol. The minimum Gasteiger partial charge on any atom is -0.367 e. The number of carbonyl (C=O) groups is 1. The van der Waals surface area contributed by atoms with Crippen LogP contribution in [0, 0.1) is 12.3 Å². The van der Waals surface area contributed by atoms with Gasteiger partial charge in [-0.2, -0.15) is 0 Å². The molecule has 0 saturated heterocycles. The summed E-state index contributed by atoms with van der Waals surface area (Å²) in [6, 6.07) is 9.41. The summed E-state index contributed by atoms with van der Waals surface area (Å²) in [7, 11) is 1.53. The quantitative estimate of drug-likeness (QED) is 0.724. The van der Waals surface area contributed by atoms with Gasteiger partial charge in [-0.3, -0.25) is 4.79 Å². The second kappa shape index (κ2) is 6.72. The highest BCUT2D eigenvalue weighted by Crippen LogP contribution is 2.18. The molecule has 0 N–H and O–H groups in total. The molecule has 0 aliphatic carbocycles. The van der Waals surface area contributed by atoms with Gasteiger partial charge in [-0.05, 0) is 12.5 Å². The lowest BCUT2D eigenvalue weighted by Crippen LogP contribution is -2.36. The fraction of sp³-hybridized carbons (Fsp3) is 0.357. The molecule has 0 aromatic heterocycles. The Bertz CT molecular complexity index is 394. The van der Waals surface area contributed by atoms with Gasteiger partial charge in [-0.15, -0.1) is 6.42 Å². The van der Waals surface area contributed by atoms with E-state index in [-0.39, 0.29) is 5.91 Å². The maximum Gasteiger partial charge on any atom is 0.257 e. The first-order valence-corrected chi connectivity index (χ1v) is 5.54. The monoisotopic (exact) mass is 231 g/mol. The van der Waals surface area contributed by atoms with Crippen LogP contribution in [0.5, 0.6) is 0 Å². The van der Waals surface area contributed by atoms with E-state index in [0.29, 0.717) is 13.1 Å². The van der Waals surface area contributed by atoms with Crippen molar-refractivity contribution in [3.05, 3.63) is 35.9 Å². The second-order valence-corrected chi connectivity index (χ2v) is 3.58. The van der Waals surface area contributed by atoms with Gasteiger partial charge in [-0.1, -0.05) is 36.3 Å². The van der Waals surface area contributed by atoms with E-state index in [1.165, 1.54) is 7.11 Å². The molecule has 0 fully saturated rings. The number of rotatable bonds is 5. The highest BCUT2D eigenvalue weighted by Gasteiger charge is 2.24. The molecule has 0 spiro atoms. The zero-order chi connectivity index (χ0) is 12.7. The van der Waals surface area contributed by atoms with Crippen molar-refractivity contribution in [1.29, 1.82) is 0 Å². The van der Waals surface area contributed by atoms with Crippen molar-refractivity contribution in [3.8, 4) is 12.3 Å². The number of methoxy groups -OCH3 is 1. The normalized spacial score (nSPS) is 11.6. The zero-order valence-corrected chi connectivity index (χ0v) is 10.2. The zero-order valence-electron chi connectivity index (χ0n) is 10.2. The molecule has 1 unspecified atom stereocenters. The fourth-order valence-electron chi connectivity index (χ4n) is 1.63. The van der Waals surface area contributed by atoms with Gasteiger partial charge in [0.1, 0.15) is 0 Å². The summed E-state index contributed by atoms with van der Waals surface area (Å²) in [6.45, 7) is 2.78. The Morgan fingerprint density at radius 3 is 2.59 bits per heavy atom. The van der Waals surface area contributed by atoms with Gasteiger partial charge in [0.25, 0.3) is 5.91 Å². The summed E-state index contributed by atoms with van der Waals surface area (Å²) in [5.41, 5.74) is 0.843. The maximum absolute atomic E-state index is 12.2. The molecule has 90 valence electrons. The molecule has 0 aliphatic rings. The summed E-state index contributed by atoms with van der Waals surface area (Å²) < 4.78 is 5.27. The first-order chi connectivity index (χ1) is 8.24. The Morgan fingerprint density at radius 2 is 2.12 bits per heavy atom. The molecule has 1 atom stereocenters. The SMILES string of the molecule is C#CCN(CC)C(=O)C(OC)c1ccccc1. The molecule has 1 rings (SSSR count). The average Bonchev–Trinajstić information content (AvgIpc) is 2.38. The van der Waals surface area contributed by atoms with Crippen molar-refractivity contribution in [3.63, 3.8) is 0 Å². The lowest BCUT2D eigenvalue weighted by molar-refractivity contribution is -0.141. The number of carbonyl (C=O) groups excluding carboxylic acids is 1. The molecule has 3 nitrogen and oxygen atoms in total. The van der Waals surface area contributed by atoms with Gasteiger partial charge in [0.05, 0.1) is 6.54 Å². The Balaban J connectivity index is 2.88. The van der Waals surface area contributed by atoms with Gasteiger partial charge in [0.2, 0.25) is 0 Å². The van der Waals surface area contributed by atoms with E-state index >= 15 is 0 Å². The summed E-state index contributed by atoms with van der Waals surface area (Å²) in [5, 5.41) is 0. The van der Waals surface area contributed by atoms with E-state index in [1.807, 2.05) is 37.3 Å². The van der Waals surface area contributed by atoms with Crippen LogP contribution < -0.4 is 0 Å². The van der Waals surface area contributed by atoms with Crippen LogP contribution in [-0.4, -0.2) is 31.0 Å². The van der Waals surface area contributed by atoms with E-state index in [4.69, 9.17) is 11.2 Å². The summed E-state index contributed by atoms with van der Waals surface area (Å²) in [5.74, 6) is 2.38. The number of ether oxygens (including phenoxy) is 1. The third-order valence-electron chi connectivity index (χ3n) is 2.54. The Morgan fingerprint density at radius 1 is 1.47 bits per heavy atom. The topological polar surface area (TPSA) is 29.5 Å². The van der Waals surface area contributed by atoms with Crippen LogP contribution in [0.3, 0.4) is 0 Å². The highest BCUT2D eigenvalue weighted by atomic mass is 16.5. The number of terminal acetylenes is 1. The van der Waals surface area contributed by atoms with Crippen LogP contribution in [0.15, 0.2) is 30.3 Å². The first-order valence-electron chi connectivity index (χ1n) is 5.54. The van der Waals surface area contributed by atoms with Crippen molar-refractivity contribution < 1.29 is 9.53 Å². The van der Waals surface area contributed by atoms with Gasteiger partial charge < -0.3 is 9.64 Å². The maximum atomic E-state index is 12.2. The van der Waals surface area contributed by atoms with E-state index in [9.17, 15) is 4.79 Å². The van der Waals surface area contributed by atoms with Crippen molar-refractivity contribution >= 4 is 5.91 Å². The van der Waals surface area contributed by atoms with Gasteiger partial charge in [0.15, 0.2) is 6.10 Å². The van der Waals surface area contributed by atoms with E-state index in [1.54, 1.807) is 4.90 Å². The standard InChI is InChI=1S/C14H17NO2/c1-4-11-15(5-2)14(16)13(17-3)12-9-7-6-8-10-12/h1,6-10,13H,5,11H2,2-3H3. The molecule has 0 bridgehead atoms. The van der Waals surface area contributed by atoms with Crippen LogP contribution in [0.4, 0.5) is 0 Å². The highest BCUT2D eigenvalue weighted by molar-refractivity contribution is 5.82. The van der Waals surface area contributed by atoms with Gasteiger partial charge in [-0.25, -0.2) is 0 Å². The average molecular weight is 231 g/mol. The second-order valence-electron chi connectivity index (χ2n) is 3.58. The van der Waals surface area contributed by atoms with Crippen molar-refractivity contribution in [2.24, 2.45) is 0 Å². The van der Waals surface area contributed by atoms with Crippen molar-refractivity contribution in [2.45, 2.75) is 13.0 Å². The molecule has 0 heterocycles. The molecular formula is C14H17NO2. The van der Waals surface area contributed by atoms with Crippen LogP contribution in [0.2, 0.25) is 0 Å². The predicted octanol–water partition coefficient (Wildman–Crippen LogP) is 1.86.